The minimum absolute atomic E-state index is 0.221. The molecule has 2 saturated heterocycles. The van der Waals surface area contributed by atoms with Gasteiger partial charge in [-0.05, 0) is 45.4 Å². The summed E-state index contributed by atoms with van der Waals surface area (Å²) in [6.07, 6.45) is 7.55. The maximum Gasteiger partial charge on any atom is 0.289 e. The number of likely N-dealkylation sites (tertiary alicyclic amines) is 1. The van der Waals surface area contributed by atoms with Gasteiger partial charge < -0.3 is 19.4 Å². The van der Waals surface area contributed by atoms with Crippen LogP contribution in [-0.2, 0) is 9.53 Å². The Balaban J connectivity index is 1.37. The zero-order valence-corrected chi connectivity index (χ0v) is 17.3. The van der Waals surface area contributed by atoms with Crippen molar-refractivity contribution in [1.82, 2.24) is 20.1 Å². The van der Waals surface area contributed by atoms with Gasteiger partial charge >= 0.3 is 0 Å². The van der Waals surface area contributed by atoms with Gasteiger partial charge in [0.2, 0.25) is 11.7 Å². The van der Waals surface area contributed by atoms with E-state index in [2.05, 4.69) is 20.1 Å². The normalized spacial score (nSPS) is 23.4. The van der Waals surface area contributed by atoms with Crippen molar-refractivity contribution in [3.63, 3.8) is 0 Å². The van der Waals surface area contributed by atoms with Gasteiger partial charge in [0.05, 0.1) is 5.69 Å². The first-order valence-corrected chi connectivity index (χ1v) is 10.9. The van der Waals surface area contributed by atoms with E-state index < -0.39 is 0 Å². The third kappa shape index (κ3) is 4.98. The largest absolute Gasteiger partial charge is 0.438 e. The smallest absolute Gasteiger partial charge is 0.289 e. The van der Waals surface area contributed by atoms with Gasteiger partial charge in [0.1, 0.15) is 0 Å². The highest BCUT2D eigenvalue weighted by Crippen LogP contribution is 2.32. The Bertz CT molecular complexity index is 711. The van der Waals surface area contributed by atoms with E-state index in [1.54, 1.807) is 6.92 Å². The molecule has 1 unspecified atom stereocenters. The van der Waals surface area contributed by atoms with Crippen LogP contribution in [0.15, 0.2) is 10.8 Å². The van der Waals surface area contributed by atoms with Crippen molar-refractivity contribution in [2.75, 3.05) is 39.4 Å². The second-order valence-corrected chi connectivity index (χ2v) is 8.46. The number of carbonyl (C=O) groups is 2. The molecule has 0 radical (unpaired) electrons. The van der Waals surface area contributed by atoms with E-state index in [1.165, 1.54) is 6.39 Å². The number of amides is 2. The van der Waals surface area contributed by atoms with Crippen molar-refractivity contribution in [2.24, 2.45) is 5.92 Å². The Hall–Kier alpha value is -1.93. The molecule has 1 N–H and O–H groups in total. The minimum Gasteiger partial charge on any atom is -0.438 e. The number of ether oxygens (including phenoxy) is 1. The van der Waals surface area contributed by atoms with Gasteiger partial charge in [-0.15, -0.1) is 0 Å². The highest BCUT2D eigenvalue weighted by Gasteiger charge is 2.37. The summed E-state index contributed by atoms with van der Waals surface area (Å²) >= 11 is 0. The average molecular weight is 405 g/mol. The van der Waals surface area contributed by atoms with Gasteiger partial charge in [-0.1, -0.05) is 0 Å². The van der Waals surface area contributed by atoms with Crippen LogP contribution in [0.1, 0.15) is 54.8 Å². The van der Waals surface area contributed by atoms with E-state index in [1.807, 2.05) is 0 Å². The lowest BCUT2D eigenvalue weighted by molar-refractivity contribution is -0.135. The molecular formula is C21H32N4O4. The maximum absolute atomic E-state index is 12.6. The molecule has 1 aliphatic carbocycles. The van der Waals surface area contributed by atoms with Crippen LogP contribution in [0.5, 0.6) is 0 Å². The lowest BCUT2D eigenvalue weighted by atomic mass is 9.98. The third-order valence-electron chi connectivity index (χ3n) is 6.37. The number of nitrogens with zero attached hydrogens (tertiary/aromatic N) is 3. The monoisotopic (exact) mass is 404 g/mol. The van der Waals surface area contributed by atoms with Crippen LogP contribution in [0.4, 0.5) is 0 Å². The molecule has 160 valence electrons. The van der Waals surface area contributed by atoms with Crippen LogP contribution in [0.25, 0.3) is 0 Å². The Morgan fingerprint density at radius 1 is 1.21 bits per heavy atom. The van der Waals surface area contributed by atoms with Crippen molar-refractivity contribution in [1.29, 1.82) is 0 Å². The number of hydrogen-bond donors (Lipinski definition) is 1. The Morgan fingerprint density at radius 2 is 2.00 bits per heavy atom. The Kier molecular flexibility index (Phi) is 6.50. The molecule has 3 aliphatic rings. The van der Waals surface area contributed by atoms with Crippen LogP contribution < -0.4 is 5.32 Å². The van der Waals surface area contributed by atoms with Crippen LogP contribution in [0, 0.1) is 12.8 Å². The first-order chi connectivity index (χ1) is 14.1. The minimum atomic E-state index is -0.221. The fourth-order valence-electron chi connectivity index (χ4n) is 4.59. The van der Waals surface area contributed by atoms with Crippen LogP contribution >= 0.6 is 0 Å². The summed E-state index contributed by atoms with van der Waals surface area (Å²) in [6, 6.07) is 0.784. The second kappa shape index (κ2) is 9.26. The van der Waals surface area contributed by atoms with E-state index in [0.717, 1.165) is 71.4 Å². The molecule has 8 nitrogen and oxygen atoms in total. The third-order valence-corrected chi connectivity index (χ3v) is 6.37. The molecule has 4 rings (SSSR count). The maximum atomic E-state index is 12.6. The molecule has 3 fully saturated rings. The number of carbonyl (C=O) groups excluding carboxylic acids is 2. The molecular weight excluding hydrogens is 372 g/mol. The average Bonchev–Trinajstić information content (AvgIpc) is 3.51. The first kappa shape index (κ1) is 20.3. The molecule has 0 aromatic carbocycles. The molecule has 3 heterocycles. The number of rotatable bonds is 7. The Morgan fingerprint density at radius 3 is 2.69 bits per heavy atom. The number of aromatic nitrogens is 1. The van der Waals surface area contributed by atoms with E-state index in [0.29, 0.717) is 30.2 Å². The number of nitrogens with one attached hydrogen (secondary N) is 1. The highest BCUT2D eigenvalue weighted by molar-refractivity contribution is 5.92. The van der Waals surface area contributed by atoms with Crippen LogP contribution in [0.3, 0.4) is 0 Å². The fraction of sp³-hybridized carbons (Fsp3) is 0.762. The second-order valence-electron chi connectivity index (χ2n) is 8.46. The lowest BCUT2D eigenvalue weighted by Crippen LogP contribution is -2.55. The topological polar surface area (TPSA) is 87.9 Å². The number of hydrogen-bond acceptors (Lipinski definition) is 6. The van der Waals surface area contributed by atoms with E-state index in [4.69, 9.17) is 9.15 Å². The lowest BCUT2D eigenvalue weighted by Gasteiger charge is -2.44. The summed E-state index contributed by atoms with van der Waals surface area (Å²) in [5, 5.41) is 2.97. The summed E-state index contributed by atoms with van der Waals surface area (Å²) < 4.78 is 10.7. The predicted octanol–water partition coefficient (Wildman–Crippen LogP) is 1.59. The van der Waals surface area contributed by atoms with Gasteiger partial charge in [0.25, 0.3) is 5.91 Å². The molecule has 1 saturated carbocycles. The van der Waals surface area contributed by atoms with Crippen LogP contribution in [0.2, 0.25) is 0 Å². The highest BCUT2D eigenvalue weighted by atomic mass is 16.5. The molecule has 1 aromatic rings. The first-order valence-electron chi connectivity index (χ1n) is 10.9. The van der Waals surface area contributed by atoms with Crippen molar-refractivity contribution < 1.29 is 18.7 Å². The molecule has 2 amide bonds. The molecule has 8 heteroatoms. The van der Waals surface area contributed by atoms with Gasteiger partial charge in [-0.25, -0.2) is 4.98 Å². The van der Waals surface area contributed by atoms with Gasteiger partial charge in [-0.3, -0.25) is 14.5 Å². The summed E-state index contributed by atoms with van der Waals surface area (Å²) in [5.41, 5.74) is 0.602. The van der Waals surface area contributed by atoms with E-state index >= 15 is 0 Å². The van der Waals surface area contributed by atoms with Crippen molar-refractivity contribution in [2.45, 2.75) is 57.5 Å². The summed E-state index contributed by atoms with van der Waals surface area (Å²) in [7, 11) is 0. The molecule has 2 aliphatic heterocycles. The van der Waals surface area contributed by atoms with Crippen molar-refractivity contribution >= 4 is 11.8 Å². The van der Waals surface area contributed by atoms with Gasteiger partial charge in [-0.2, -0.15) is 0 Å². The quantitative estimate of drug-likeness (QED) is 0.743. The van der Waals surface area contributed by atoms with E-state index in [9.17, 15) is 9.59 Å². The van der Waals surface area contributed by atoms with Crippen LogP contribution in [-0.4, -0.2) is 78.1 Å². The summed E-state index contributed by atoms with van der Waals surface area (Å²) in [6.45, 7) is 6.32. The standard InChI is InChI=1S/C21H32N4O4/c1-15-19(29-14-23-15)20(26)22-8-10-25(17-6-11-28-12-7-17)18-3-2-9-24(13-18)21(27)16-4-5-16/h14,16-18H,2-13H2,1H3,(H,22,26). The van der Waals surface area contributed by atoms with Crippen molar-refractivity contribution in [3.05, 3.63) is 17.8 Å². The van der Waals surface area contributed by atoms with Gasteiger partial charge in [0.15, 0.2) is 6.39 Å². The van der Waals surface area contributed by atoms with Gasteiger partial charge in [0, 0.05) is 57.4 Å². The van der Waals surface area contributed by atoms with E-state index in [-0.39, 0.29) is 17.6 Å². The zero-order chi connectivity index (χ0) is 20.2. The summed E-state index contributed by atoms with van der Waals surface area (Å²) in [5.74, 6) is 0.674. The number of piperidine rings is 1. The molecule has 0 bridgehead atoms. The molecule has 29 heavy (non-hydrogen) atoms. The molecule has 1 atom stereocenters. The fourth-order valence-corrected chi connectivity index (χ4v) is 4.59. The molecule has 1 aromatic heterocycles. The predicted molar refractivity (Wildman–Crippen MR) is 106 cm³/mol. The summed E-state index contributed by atoms with van der Waals surface area (Å²) in [4.78, 5) is 33.5. The Labute approximate surface area is 172 Å². The molecule has 0 spiro atoms. The number of oxazole rings is 1. The van der Waals surface area contributed by atoms with Crippen molar-refractivity contribution in [3.8, 4) is 0 Å². The SMILES string of the molecule is Cc1ncoc1C(=O)NCCN(C1CCOCC1)C1CCCN(C(=O)C2CC2)C1. The zero-order valence-electron chi connectivity index (χ0n) is 17.3. The number of aryl methyl sites for hydroxylation is 1.